The molecule has 0 unspecified atom stereocenters. The molecule has 2 rings (SSSR count). The Kier molecular flexibility index (Phi) is 4.66. The molecule has 0 radical (unpaired) electrons. The average molecular weight is 300 g/mol. The van der Waals surface area contributed by atoms with Gasteiger partial charge in [-0.1, -0.05) is 0 Å². The molecule has 2 aromatic carbocycles. The van der Waals surface area contributed by atoms with E-state index in [2.05, 4.69) is 69.3 Å². The van der Waals surface area contributed by atoms with Crippen LogP contribution in [0.15, 0.2) is 48.5 Å². The average Bonchev–Trinajstić information content (AvgIpc) is 2.38. The van der Waals surface area contributed by atoms with Crippen molar-refractivity contribution in [1.82, 2.24) is 0 Å². The summed E-state index contributed by atoms with van der Waals surface area (Å²) in [5.41, 5.74) is 2.93. The molecule has 2 aromatic rings. The first-order valence-corrected chi connectivity index (χ1v) is 9.83. The SMILES string of the molecule is CCC[As](c1ccccc1C)c1ccccc1C. The second-order valence-electron chi connectivity index (χ2n) is 4.72. The van der Waals surface area contributed by atoms with Gasteiger partial charge < -0.3 is 0 Å². The van der Waals surface area contributed by atoms with E-state index in [0.29, 0.717) is 0 Å². The molecule has 0 fully saturated rings. The Morgan fingerprint density at radius 3 is 1.61 bits per heavy atom. The molecule has 1 heteroatoms. The monoisotopic (exact) mass is 300 g/mol. The Labute approximate surface area is 115 Å². The van der Waals surface area contributed by atoms with E-state index in [-0.39, 0.29) is 0 Å². The fraction of sp³-hybridized carbons (Fsp3) is 0.294. The Morgan fingerprint density at radius 1 is 0.778 bits per heavy atom. The molecule has 0 aromatic heterocycles. The van der Waals surface area contributed by atoms with Crippen LogP contribution in [0.4, 0.5) is 0 Å². The van der Waals surface area contributed by atoms with Crippen LogP contribution in [0.1, 0.15) is 24.5 Å². The number of hydrogen-bond donors (Lipinski definition) is 0. The Hall–Kier alpha value is -1.00. The van der Waals surface area contributed by atoms with Crippen molar-refractivity contribution in [1.29, 1.82) is 0 Å². The summed E-state index contributed by atoms with van der Waals surface area (Å²) in [6.07, 6.45) is 1.28. The topological polar surface area (TPSA) is 0 Å². The van der Waals surface area contributed by atoms with Gasteiger partial charge in [0.2, 0.25) is 0 Å². The van der Waals surface area contributed by atoms with Gasteiger partial charge in [0.1, 0.15) is 0 Å². The van der Waals surface area contributed by atoms with Gasteiger partial charge in [-0.15, -0.1) is 0 Å². The second-order valence-corrected chi connectivity index (χ2v) is 9.48. The van der Waals surface area contributed by atoms with Crippen LogP contribution >= 0.6 is 0 Å². The van der Waals surface area contributed by atoms with Crippen molar-refractivity contribution in [3.05, 3.63) is 59.7 Å². The minimum atomic E-state index is -1.11. The molecule has 94 valence electrons. The molecular weight excluding hydrogens is 279 g/mol. The van der Waals surface area contributed by atoms with Gasteiger partial charge in [-0.2, -0.15) is 0 Å². The molecule has 0 aliphatic rings. The Bertz CT molecular complexity index is 471. The summed E-state index contributed by atoms with van der Waals surface area (Å²) in [6, 6.07) is 17.9. The van der Waals surface area contributed by atoms with Gasteiger partial charge in [0.05, 0.1) is 0 Å². The summed E-state index contributed by atoms with van der Waals surface area (Å²) in [6.45, 7) is 6.81. The molecule has 0 atom stereocenters. The van der Waals surface area contributed by atoms with E-state index < -0.39 is 14.7 Å². The number of aryl methyl sites for hydroxylation is 2. The Morgan fingerprint density at radius 2 is 1.22 bits per heavy atom. The zero-order valence-electron chi connectivity index (χ0n) is 11.5. The van der Waals surface area contributed by atoms with Crippen molar-refractivity contribution >= 4 is 23.4 Å². The molecule has 0 saturated heterocycles. The Balaban J connectivity index is 2.47. The number of rotatable bonds is 4. The summed E-state index contributed by atoms with van der Waals surface area (Å²) < 4.78 is 3.25. The predicted octanol–water partition coefficient (Wildman–Crippen LogP) is 3.32. The molecule has 0 N–H and O–H groups in total. The molecule has 0 aliphatic heterocycles. The van der Waals surface area contributed by atoms with Gasteiger partial charge in [-0.25, -0.2) is 0 Å². The van der Waals surface area contributed by atoms with Crippen LogP contribution in [0.2, 0.25) is 5.21 Å². The van der Waals surface area contributed by atoms with Gasteiger partial charge in [0, 0.05) is 0 Å². The van der Waals surface area contributed by atoms with Crippen LogP contribution in [-0.2, 0) is 0 Å². The molecule has 0 saturated carbocycles. The van der Waals surface area contributed by atoms with Crippen LogP contribution in [0.3, 0.4) is 0 Å². The maximum absolute atomic E-state index is 2.34. The van der Waals surface area contributed by atoms with Crippen LogP contribution in [0, 0.1) is 13.8 Å². The molecule has 0 amide bonds. The minimum absolute atomic E-state index is 1.11. The zero-order chi connectivity index (χ0) is 13.0. The summed E-state index contributed by atoms with van der Waals surface area (Å²) >= 11 is -1.11. The van der Waals surface area contributed by atoms with E-state index in [1.807, 2.05) is 0 Å². The number of hydrogen-bond acceptors (Lipinski definition) is 0. The van der Waals surface area contributed by atoms with Crippen LogP contribution < -0.4 is 8.70 Å². The summed E-state index contributed by atoms with van der Waals surface area (Å²) in [4.78, 5) is 0. The van der Waals surface area contributed by atoms with Crippen molar-refractivity contribution in [2.75, 3.05) is 0 Å². The molecule has 0 spiro atoms. The molecular formula is C17H21As. The van der Waals surface area contributed by atoms with E-state index in [1.165, 1.54) is 22.8 Å². The van der Waals surface area contributed by atoms with Gasteiger partial charge in [-0.05, 0) is 0 Å². The quantitative estimate of drug-likeness (QED) is 0.760. The van der Waals surface area contributed by atoms with Crippen molar-refractivity contribution in [2.24, 2.45) is 0 Å². The predicted molar refractivity (Wildman–Crippen MR) is 82.5 cm³/mol. The van der Waals surface area contributed by atoms with Crippen molar-refractivity contribution in [3.63, 3.8) is 0 Å². The first-order valence-electron chi connectivity index (χ1n) is 6.63. The van der Waals surface area contributed by atoms with Crippen molar-refractivity contribution < 1.29 is 0 Å². The fourth-order valence-corrected chi connectivity index (χ4v) is 8.04. The normalized spacial score (nSPS) is 10.9. The van der Waals surface area contributed by atoms with Gasteiger partial charge in [0.15, 0.2) is 0 Å². The summed E-state index contributed by atoms with van der Waals surface area (Å²) in [5, 5.41) is 1.36. The third-order valence-corrected chi connectivity index (χ3v) is 9.68. The third kappa shape index (κ3) is 2.87. The van der Waals surface area contributed by atoms with E-state index in [0.717, 1.165) is 0 Å². The molecule has 0 heterocycles. The standard InChI is InChI=1S/C17H21As/c1-4-13-18(16-11-7-5-9-14(16)2)17-12-8-6-10-15(17)3/h5-12H,4,13H2,1-3H3. The molecule has 0 nitrogen and oxygen atoms in total. The molecule has 18 heavy (non-hydrogen) atoms. The van der Waals surface area contributed by atoms with Gasteiger partial charge in [-0.3, -0.25) is 0 Å². The zero-order valence-corrected chi connectivity index (χ0v) is 13.4. The van der Waals surface area contributed by atoms with Crippen LogP contribution in [0.25, 0.3) is 0 Å². The van der Waals surface area contributed by atoms with Crippen LogP contribution in [-0.4, -0.2) is 14.7 Å². The van der Waals surface area contributed by atoms with Gasteiger partial charge >= 0.3 is 115 Å². The molecule has 0 aliphatic carbocycles. The fourth-order valence-electron chi connectivity index (χ4n) is 2.33. The third-order valence-electron chi connectivity index (χ3n) is 3.26. The van der Waals surface area contributed by atoms with E-state index >= 15 is 0 Å². The molecule has 0 bridgehead atoms. The van der Waals surface area contributed by atoms with Crippen molar-refractivity contribution in [3.8, 4) is 0 Å². The number of benzene rings is 2. The maximum atomic E-state index is 2.34. The first kappa shape index (κ1) is 13.4. The van der Waals surface area contributed by atoms with E-state index in [4.69, 9.17) is 0 Å². The van der Waals surface area contributed by atoms with Crippen LogP contribution in [0.5, 0.6) is 0 Å². The second kappa shape index (κ2) is 6.25. The summed E-state index contributed by atoms with van der Waals surface area (Å²) in [5.74, 6) is 0. The van der Waals surface area contributed by atoms with Gasteiger partial charge in [0.25, 0.3) is 0 Å². The first-order chi connectivity index (χ1) is 8.74. The summed E-state index contributed by atoms with van der Waals surface area (Å²) in [7, 11) is 0. The van der Waals surface area contributed by atoms with E-state index in [9.17, 15) is 0 Å². The van der Waals surface area contributed by atoms with E-state index in [1.54, 1.807) is 8.70 Å². The van der Waals surface area contributed by atoms with Crippen molar-refractivity contribution in [2.45, 2.75) is 32.4 Å².